The van der Waals surface area contributed by atoms with Gasteiger partial charge in [0, 0.05) is 29.4 Å². The van der Waals surface area contributed by atoms with Crippen molar-refractivity contribution in [2.45, 2.75) is 58.9 Å². The average molecular weight is 295 g/mol. The molecule has 0 saturated heterocycles. The van der Waals surface area contributed by atoms with Crippen LogP contribution in [0.1, 0.15) is 49.4 Å². The largest absolute Gasteiger partial charge is 0.344 e. The maximum absolute atomic E-state index is 12.4. The van der Waals surface area contributed by atoms with E-state index in [4.69, 9.17) is 0 Å². The minimum Gasteiger partial charge on any atom is -0.344 e. The smallest absolute Gasteiger partial charge is 0.185 e. The molecule has 3 rings (SSSR count). The summed E-state index contributed by atoms with van der Waals surface area (Å²) in [4.78, 5) is 12.4. The Balaban J connectivity index is 2.06. The second kappa shape index (κ2) is 6.51. The Morgan fingerprint density at radius 2 is 1.91 bits per heavy atom. The Hall–Kier alpha value is -1.83. The predicted molar refractivity (Wildman–Crippen MR) is 92.4 cm³/mol. The molecule has 2 nitrogen and oxygen atoms in total. The van der Waals surface area contributed by atoms with Crippen molar-refractivity contribution in [1.82, 2.24) is 4.57 Å². The van der Waals surface area contributed by atoms with E-state index in [2.05, 4.69) is 42.7 Å². The first-order valence-corrected chi connectivity index (χ1v) is 8.54. The lowest BCUT2D eigenvalue weighted by molar-refractivity contribution is 0.571. The van der Waals surface area contributed by atoms with Gasteiger partial charge in [-0.1, -0.05) is 50.5 Å². The van der Waals surface area contributed by atoms with Gasteiger partial charge >= 0.3 is 0 Å². The summed E-state index contributed by atoms with van der Waals surface area (Å²) in [6.45, 7) is 5.32. The molecule has 0 fully saturated rings. The van der Waals surface area contributed by atoms with Gasteiger partial charge in [-0.15, -0.1) is 0 Å². The van der Waals surface area contributed by atoms with Crippen molar-refractivity contribution in [3.05, 3.63) is 57.4 Å². The van der Waals surface area contributed by atoms with E-state index in [1.165, 1.54) is 42.5 Å². The van der Waals surface area contributed by atoms with Gasteiger partial charge < -0.3 is 4.57 Å². The first kappa shape index (κ1) is 15.1. The van der Waals surface area contributed by atoms with Crippen molar-refractivity contribution < 1.29 is 0 Å². The van der Waals surface area contributed by atoms with E-state index in [-0.39, 0.29) is 5.43 Å². The highest BCUT2D eigenvalue weighted by molar-refractivity contribution is 5.70. The SMILES string of the molecule is CCCCCCn1c(C)cc(=O)c2c1-c1ccccc1CC2. The number of nitrogens with zero attached hydrogens (tertiary/aromatic N) is 1. The highest BCUT2D eigenvalue weighted by atomic mass is 16.1. The van der Waals surface area contributed by atoms with Crippen LogP contribution in [0.4, 0.5) is 0 Å². The first-order valence-electron chi connectivity index (χ1n) is 8.54. The summed E-state index contributed by atoms with van der Waals surface area (Å²) >= 11 is 0. The van der Waals surface area contributed by atoms with E-state index >= 15 is 0 Å². The summed E-state index contributed by atoms with van der Waals surface area (Å²) in [6, 6.07) is 10.4. The molecule has 0 radical (unpaired) electrons. The number of aromatic nitrogens is 1. The molecule has 0 unspecified atom stereocenters. The van der Waals surface area contributed by atoms with E-state index in [1.807, 2.05) is 6.07 Å². The monoisotopic (exact) mass is 295 g/mol. The molecule has 1 heterocycles. The quantitative estimate of drug-likeness (QED) is 0.744. The Bertz CT molecular complexity index is 727. The Labute approximate surface area is 132 Å². The second-order valence-electron chi connectivity index (χ2n) is 6.35. The molecule has 0 atom stereocenters. The fourth-order valence-electron chi connectivity index (χ4n) is 3.57. The van der Waals surface area contributed by atoms with Crippen molar-refractivity contribution in [3.63, 3.8) is 0 Å². The molecule has 1 aliphatic rings. The van der Waals surface area contributed by atoms with E-state index in [0.29, 0.717) is 0 Å². The van der Waals surface area contributed by atoms with Crippen LogP contribution in [0.5, 0.6) is 0 Å². The highest BCUT2D eigenvalue weighted by Gasteiger charge is 2.21. The summed E-state index contributed by atoms with van der Waals surface area (Å²) < 4.78 is 2.38. The topological polar surface area (TPSA) is 22.0 Å². The third-order valence-electron chi connectivity index (χ3n) is 4.77. The van der Waals surface area contributed by atoms with Crippen LogP contribution >= 0.6 is 0 Å². The number of aryl methyl sites for hydroxylation is 2. The average Bonchev–Trinajstić information content (AvgIpc) is 2.53. The van der Waals surface area contributed by atoms with Crippen LogP contribution in [0, 0.1) is 6.92 Å². The van der Waals surface area contributed by atoms with Gasteiger partial charge in [-0.05, 0) is 31.7 Å². The molecule has 0 bridgehead atoms. The fraction of sp³-hybridized carbons (Fsp3) is 0.450. The van der Waals surface area contributed by atoms with Crippen LogP contribution in [0.3, 0.4) is 0 Å². The van der Waals surface area contributed by atoms with Crippen LogP contribution in [-0.2, 0) is 19.4 Å². The summed E-state index contributed by atoms with van der Waals surface area (Å²) in [5.41, 5.74) is 6.15. The zero-order chi connectivity index (χ0) is 15.5. The van der Waals surface area contributed by atoms with Gasteiger partial charge in [0.15, 0.2) is 5.43 Å². The molecule has 1 aromatic carbocycles. The van der Waals surface area contributed by atoms with Crippen LogP contribution in [0.25, 0.3) is 11.3 Å². The predicted octanol–water partition coefficient (Wildman–Crippen LogP) is 4.50. The van der Waals surface area contributed by atoms with Gasteiger partial charge in [-0.3, -0.25) is 4.79 Å². The molecule has 2 aromatic rings. The molecule has 1 aromatic heterocycles. The summed E-state index contributed by atoms with van der Waals surface area (Å²) in [5, 5.41) is 0. The summed E-state index contributed by atoms with van der Waals surface area (Å²) in [6.07, 6.45) is 6.85. The lowest BCUT2D eigenvalue weighted by Crippen LogP contribution is -2.23. The van der Waals surface area contributed by atoms with Gasteiger partial charge in [-0.25, -0.2) is 0 Å². The van der Waals surface area contributed by atoms with Crippen LogP contribution < -0.4 is 5.43 Å². The number of hydrogen-bond donors (Lipinski definition) is 0. The third-order valence-corrected chi connectivity index (χ3v) is 4.77. The number of fused-ring (bicyclic) bond motifs is 3. The van der Waals surface area contributed by atoms with Gasteiger partial charge in [0.1, 0.15) is 0 Å². The molecule has 0 amide bonds. The lowest BCUT2D eigenvalue weighted by atomic mass is 9.88. The van der Waals surface area contributed by atoms with Gasteiger partial charge in [0.05, 0.1) is 5.69 Å². The normalized spacial score (nSPS) is 12.8. The van der Waals surface area contributed by atoms with Crippen molar-refractivity contribution in [2.24, 2.45) is 0 Å². The Morgan fingerprint density at radius 1 is 1.09 bits per heavy atom. The number of hydrogen-bond acceptors (Lipinski definition) is 1. The van der Waals surface area contributed by atoms with Crippen molar-refractivity contribution in [3.8, 4) is 11.3 Å². The Morgan fingerprint density at radius 3 is 2.73 bits per heavy atom. The van der Waals surface area contributed by atoms with E-state index in [9.17, 15) is 4.79 Å². The molecule has 22 heavy (non-hydrogen) atoms. The van der Waals surface area contributed by atoms with Gasteiger partial charge in [0.2, 0.25) is 0 Å². The second-order valence-corrected chi connectivity index (χ2v) is 6.35. The van der Waals surface area contributed by atoms with Crippen molar-refractivity contribution in [1.29, 1.82) is 0 Å². The van der Waals surface area contributed by atoms with Gasteiger partial charge in [-0.2, -0.15) is 0 Å². The summed E-state index contributed by atoms with van der Waals surface area (Å²) in [5.74, 6) is 0. The molecule has 0 saturated carbocycles. The number of benzene rings is 1. The van der Waals surface area contributed by atoms with E-state index in [1.54, 1.807) is 0 Å². The molecule has 0 aliphatic heterocycles. The molecular formula is C20H25NO. The maximum Gasteiger partial charge on any atom is 0.185 e. The highest BCUT2D eigenvalue weighted by Crippen LogP contribution is 2.32. The molecule has 116 valence electrons. The van der Waals surface area contributed by atoms with Crippen LogP contribution in [0.15, 0.2) is 35.1 Å². The molecule has 0 spiro atoms. The standard InChI is InChI=1S/C20H25NO/c1-3-4-5-8-13-21-15(2)14-19(22)18-12-11-16-9-6-7-10-17(16)20(18)21/h6-7,9-10,14H,3-5,8,11-13H2,1-2H3. The molecule has 2 heteroatoms. The van der Waals surface area contributed by atoms with Crippen LogP contribution in [-0.4, -0.2) is 4.57 Å². The van der Waals surface area contributed by atoms with Crippen molar-refractivity contribution in [2.75, 3.05) is 0 Å². The maximum atomic E-state index is 12.4. The van der Waals surface area contributed by atoms with Crippen molar-refractivity contribution >= 4 is 0 Å². The van der Waals surface area contributed by atoms with Gasteiger partial charge in [0.25, 0.3) is 0 Å². The minimum absolute atomic E-state index is 0.215. The third kappa shape index (κ3) is 2.75. The molecule has 0 N–H and O–H groups in total. The first-order chi connectivity index (χ1) is 10.7. The Kier molecular flexibility index (Phi) is 4.47. The molecule has 1 aliphatic carbocycles. The minimum atomic E-state index is 0.215. The lowest BCUT2D eigenvalue weighted by Gasteiger charge is -2.25. The zero-order valence-corrected chi connectivity index (χ0v) is 13.7. The zero-order valence-electron chi connectivity index (χ0n) is 13.7. The molecular weight excluding hydrogens is 270 g/mol. The fourth-order valence-corrected chi connectivity index (χ4v) is 3.57. The number of pyridine rings is 1. The summed E-state index contributed by atoms with van der Waals surface area (Å²) in [7, 11) is 0. The van der Waals surface area contributed by atoms with E-state index in [0.717, 1.165) is 30.6 Å². The van der Waals surface area contributed by atoms with Crippen LogP contribution in [0.2, 0.25) is 0 Å². The number of unbranched alkanes of at least 4 members (excludes halogenated alkanes) is 3. The van der Waals surface area contributed by atoms with E-state index < -0.39 is 0 Å². The number of rotatable bonds is 5.